The Morgan fingerprint density at radius 1 is 1.33 bits per heavy atom. The van der Waals surface area contributed by atoms with Gasteiger partial charge in [0.05, 0.1) is 17.2 Å². The maximum Gasteiger partial charge on any atom is 0.340 e. The van der Waals surface area contributed by atoms with Gasteiger partial charge in [-0.05, 0) is 53.9 Å². The molecule has 4 heteroatoms. The molecule has 0 saturated heterocycles. The Balaban J connectivity index is 2.77. The van der Waals surface area contributed by atoms with E-state index in [0.29, 0.717) is 0 Å². The third-order valence-electron chi connectivity index (χ3n) is 3.56. The first-order valence-corrected chi connectivity index (χ1v) is 7.90. The SMILES string of the molecule is CCCC(C)OC1=C(C)/C(=N/OC(=O)C(C)(C)C)CCC1. The molecule has 0 spiro atoms. The molecule has 0 aromatic rings. The molecule has 0 saturated carbocycles. The molecule has 1 unspecified atom stereocenters. The summed E-state index contributed by atoms with van der Waals surface area (Å²) in [5, 5.41) is 4.06. The van der Waals surface area contributed by atoms with Gasteiger partial charge in [-0.15, -0.1) is 0 Å². The quantitative estimate of drug-likeness (QED) is 0.550. The molecule has 1 aliphatic carbocycles. The van der Waals surface area contributed by atoms with Gasteiger partial charge in [0.15, 0.2) is 0 Å². The molecule has 4 nitrogen and oxygen atoms in total. The van der Waals surface area contributed by atoms with Gasteiger partial charge in [0, 0.05) is 12.0 Å². The molecule has 1 atom stereocenters. The number of hydrogen-bond acceptors (Lipinski definition) is 4. The van der Waals surface area contributed by atoms with E-state index in [1.165, 1.54) is 0 Å². The maximum atomic E-state index is 11.8. The van der Waals surface area contributed by atoms with Gasteiger partial charge >= 0.3 is 5.97 Å². The van der Waals surface area contributed by atoms with Gasteiger partial charge in [0.25, 0.3) is 0 Å². The van der Waals surface area contributed by atoms with Crippen LogP contribution in [0.4, 0.5) is 0 Å². The highest BCUT2D eigenvalue weighted by molar-refractivity contribution is 6.00. The van der Waals surface area contributed by atoms with Crippen LogP contribution in [-0.2, 0) is 14.4 Å². The van der Waals surface area contributed by atoms with Crippen molar-refractivity contribution < 1.29 is 14.4 Å². The van der Waals surface area contributed by atoms with Crippen LogP contribution in [-0.4, -0.2) is 17.8 Å². The average Bonchev–Trinajstić information content (AvgIpc) is 2.38. The first-order chi connectivity index (χ1) is 9.75. The molecular formula is C17H29NO3. The number of rotatable bonds is 5. The predicted molar refractivity (Wildman–Crippen MR) is 85.0 cm³/mol. The normalized spacial score (nSPS) is 19.6. The van der Waals surface area contributed by atoms with Crippen molar-refractivity contribution in [3.63, 3.8) is 0 Å². The lowest BCUT2D eigenvalue weighted by molar-refractivity contribution is -0.152. The summed E-state index contributed by atoms with van der Waals surface area (Å²) in [4.78, 5) is 16.9. The lowest BCUT2D eigenvalue weighted by atomic mass is 9.96. The van der Waals surface area contributed by atoms with Gasteiger partial charge in [0.2, 0.25) is 0 Å². The maximum absolute atomic E-state index is 11.8. The van der Waals surface area contributed by atoms with Crippen LogP contribution in [0, 0.1) is 5.41 Å². The number of hydrogen-bond donors (Lipinski definition) is 0. The first-order valence-electron chi connectivity index (χ1n) is 7.90. The van der Waals surface area contributed by atoms with E-state index in [-0.39, 0.29) is 12.1 Å². The number of oxime groups is 1. The van der Waals surface area contributed by atoms with Crippen LogP contribution in [0.15, 0.2) is 16.5 Å². The largest absolute Gasteiger partial charge is 0.495 e. The van der Waals surface area contributed by atoms with Gasteiger partial charge < -0.3 is 9.57 Å². The second-order valence-corrected chi connectivity index (χ2v) is 6.79. The number of carbonyl (C=O) groups is 1. The van der Waals surface area contributed by atoms with Gasteiger partial charge in [-0.25, -0.2) is 4.79 Å². The highest BCUT2D eigenvalue weighted by Gasteiger charge is 2.25. The Morgan fingerprint density at radius 2 is 2.00 bits per heavy atom. The number of carbonyl (C=O) groups excluding carboxylic acids is 1. The minimum absolute atomic E-state index is 0.219. The predicted octanol–water partition coefficient (Wildman–Crippen LogP) is 4.59. The van der Waals surface area contributed by atoms with Crippen molar-refractivity contribution in [2.75, 3.05) is 0 Å². The summed E-state index contributed by atoms with van der Waals surface area (Å²) in [6.07, 6.45) is 5.12. The van der Waals surface area contributed by atoms with E-state index in [4.69, 9.17) is 9.57 Å². The molecule has 1 aliphatic rings. The highest BCUT2D eigenvalue weighted by atomic mass is 16.7. The summed E-state index contributed by atoms with van der Waals surface area (Å²) >= 11 is 0. The van der Waals surface area contributed by atoms with Gasteiger partial charge in [-0.3, -0.25) is 0 Å². The van der Waals surface area contributed by atoms with Crippen LogP contribution in [0.3, 0.4) is 0 Å². The van der Waals surface area contributed by atoms with Gasteiger partial charge in [-0.2, -0.15) is 0 Å². The van der Waals surface area contributed by atoms with E-state index in [1.54, 1.807) is 0 Å². The second kappa shape index (κ2) is 7.62. The van der Waals surface area contributed by atoms with Crippen molar-refractivity contribution in [2.24, 2.45) is 10.6 Å². The summed E-state index contributed by atoms with van der Waals surface area (Å²) in [7, 11) is 0. The molecule has 0 aliphatic heterocycles. The molecule has 0 aromatic heterocycles. The Morgan fingerprint density at radius 3 is 2.57 bits per heavy atom. The topological polar surface area (TPSA) is 47.9 Å². The van der Waals surface area contributed by atoms with Crippen LogP contribution in [0.1, 0.15) is 73.6 Å². The Hall–Kier alpha value is -1.32. The van der Waals surface area contributed by atoms with Crippen LogP contribution < -0.4 is 0 Å². The average molecular weight is 295 g/mol. The molecule has 0 amide bonds. The third kappa shape index (κ3) is 5.52. The highest BCUT2D eigenvalue weighted by Crippen LogP contribution is 2.26. The number of nitrogens with zero attached hydrogens (tertiary/aromatic N) is 1. The Bertz CT molecular complexity index is 430. The Labute approximate surface area is 128 Å². The first kappa shape index (κ1) is 17.7. The molecular weight excluding hydrogens is 266 g/mol. The van der Waals surface area contributed by atoms with E-state index >= 15 is 0 Å². The summed E-state index contributed by atoms with van der Waals surface area (Å²) < 4.78 is 6.01. The van der Waals surface area contributed by atoms with E-state index in [9.17, 15) is 4.79 Å². The summed E-state index contributed by atoms with van der Waals surface area (Å²) in [5.41, 5.74) is 1.31. The monoisotopic (exact) mass is 295 g/mol. The van der Waals surface area contributed by atoms with Crippen LogP contribution in [0.25, 0.3) is 0 Å². The fourth-order valence-electron chi connectivity index (χ4n) is 2.16. The van der Waals surface area contributed by atoms with E-state index in [1.807, 2.05) is 27.7 Å². The minimum atomic E-state index is -0.536. The summed E-state index contributed by atoms with van der Waals surface area (Å²) in [5.74, 6) is 0.683. The Kier molecular flexibility index (Phi) is 6.43. The third-order valence-corrected chi connectivity index (χ3v) is 3.56. The molecule has 0 N–H and O–H groups in total. The van der Waals surface area contributed by atoms with Crippen LogP contribution >= 0.6 is 0 Å². The fraction of sp³-hybridized carbons (Fsp3) is 0.765. The zero-order valence-electron chi connectivity index (χ0n) is 14.3. The second-order valence-electron chi connectivity index (χ2n) is 6.79. The van der Waals surface area contributed by atoms with Crippen molar-refractivity contribution in [3.05, 3.63) is 11.3 Å². The van der Waals surface area contributed by atoms with Crippen molar-refractivity contribution in [1.29, 1.82) is 0 Å². The lowest BCUT2D eigenvalue weighted by Crippen LogP contribution is -2.22. The summed E-state index contributed by atoms with van der Waals surface area (Å²) in [6.45, 7) is 11.7. The molecule has 1 rings (SSSR count). The molecule has 0 heterocycles. The number of allylic oxidation sites excluding steroid dienone is 2. The standard InChI is InChI=1S/C17H29NO3/c1-7-9-12(2)20-15-11-8-10-14(13(15)3)18-21-16(19)17(4,5)6/h12H,7-11H2,1-6H3/b18-14+. The lowest BCUT2D eigenvalue weighted by Gasteiger charge is -2.23. The van der Waals surface area contributed by atoms with Gasteiger partial charge in [0.1, 0.15) is 5.76 Å². The number of ether oxygens (including phenoxy) is 1. The molecule has 0 bridgehead atoms. The minimum Gasteiger partial charge on any atom is -0.495 e. The molecule has 0 radical (unpaired) electrons. The molecule has 0 aromatic carbocycles. The van der Waals surface area contributed by atoms with Crippen molar-refractivity contribution >= 4 is 11.7 Å². The van der Waals surface area contributed by atoms with E-state index in [2.05, 4.69) is 19.0 Å². The van der Waals surface area contributed by atoms with Crippen LogP contribution in [0.5, 0.6) is 0 Å². The zero-order chi connectivity index (χ0) is 16.0. The van der Waals surface area contributed by atoms with Crippen LogP contribution in [0.2, 0.25) is 0 Å². The van der Waals surface area contributed by atoms with E-state index < -0.39 is 5.41 Å². The molecule has 120 valence electrons. The smallest absolute Gasteiger partial charge is 0.340 e. The summed E-state index contributed by atoms with van der Waals surface area (Å²) in [6, 6.07) is 0. The zero-order valence-corrected chi connectivity index (χ0v) is 14.3. The fourth-order valence-corrected chi connectivity index (χ4v) is 2.16. The van der Waals surface area contributed by atoms with Crippen molar-refractivity contribution in [1.82, 2.24) is 0 Å². The molecule has 21 heavy (non-hydrogen) atoms. The van der Waals surface area contributed by atoms with Crippen molar-refractivity contribution in [3.8, 4) is 0 Å². The molecule has 0 fully saturated rings. The van der Waals surface area contributed by atoms with Gasteiger partial charge in [-0.1, -0.05) is 18.5 Å². The van der Waals surface area contributed by atoms with Crippen molar-refractivity contribution in [2.45, 2.75) is 79.8 Å². The van der Waals surface area contributed by atoms with E-state index in [0.717, 1.165) is 49.1 Å².